The van der Waals surface area contributed by atoms with Gasteiger partial charge in [0.25, 0.3) is 0 Å². The molecule has 0 bridgehead atoms. The van der Waals surface area contributed by atoms with E-state index in [-0.39, 0.29) is 11.4 Å². The van der Waals surface area contributed by atoms with E-state index in [1.54, 1.807) is 18.2 Å². The number of rotatable bonds is 7. The van der Waals surface area contributed by atoms with Gasteiger partial charge in [0, 0.05) is 6.54 Å². The lowest BCUT2D eigenvalue weighted by molar-refractivity contribution is 0.363. The molecule has 0 heterocycles. The zero-order chi connectivity index (χ0) is 12.7. The molecule has 1 aromatic carbocycles. The van der Waals surface area contributed by atoms with Crippen molar-refractivity contribution >= 4 is 10.0 Å². The van der Waals surface area contributed by atoms with E-state index in [0.717, 1.165) is 0 Å². The Balaban J connectivity index is 2.79. The Morgan fingerprint density at radius 2 is 1.82 bits per heavy atom. The van der Waals surface area contributed by atoms with Crippen LogP contribution in [0.1, 0.15) is 0 Å². The summed E-state index contributed by atoms with van der Waals surface area (Å²) in [7, 11) is -3.46. The molecule has 0 aliphatic carbocycles. The molecule has 92 valence electrons. The third-order valence-electron chi connectivity index (χ3n) is 1.92. The Bertz CT molecular complexity index is 477. The first-order valence-electron chi connectivity index (χ1n) is 5.04. The van der Waals surface area contributed by atoms with E-state index >= 15 is 0 Å². The van der Waals surface area contributed by atoms with Crippen LogP contribution < -0.4 is 9.46 Å². The largest absolute Gasteiger partial charge is 0.490 e. The fraction of sp³-hybridized carbons (Fsp3) is 0.167. The van der Waals surface area contributed by atoms with Crippen LogP contribution in [0.15, 0.2) is 54.5 Å². The smallest absolute Gasteiger partial charge is 0.240 e. The summed E-state index contributed by atoms with van der Waals surface area (Å²) >= 11 is 0. The van der Waals surface area contributed by atoms with Crippen LogP contribution in [-0.4, -0.2) is 21.6 Å². The molecule has 0 saturated carbocycles. The van der Waals surface area contributed by atoms with Gasteiger partial charge in [-0.2, -0.15) is 0 Å². The first kappa shape index (κ1) is 13.5. The third-order valence-corrected chi connectivity index (χ3v) is 3.36. The molecule has 0 fully saturated rings. The SMILES string of the molecule is C=CCNS(=O)(=O)c1ccc(OCC=C)cc1. The Labute approximate surface area is 102 Å². The van der Waals surface area contributed by atoms with E-state index in [2.05, 4.69) is 17.9 Å². The summed E-state index contributed by atoms with van der Waals surface area (Å²) in [5.74, 6) is 0.604. The van der Waals surface area contributed by atoms with Gasteiger partial charge in [0.05, 0.1) is 4.90 Å². The molecule has 0 aliphatic heterocycles. The molecule has 1 aromatic rings. The van der Waals surface area contributed by atoms with Crippen LogP contribution in [0.5, 0.6) is 5.75 Å². The first-order valence-corrected chi connectivity index (χ1v) is 6.53. The molecule has 5 heteroatoms. The molecule has 0 amide bonds. The van der Waals surface area contributed by atoms with Crippen molar-refractivity contribution in [3.05, 3.63) is 49.6 Å². The Kier molecular flexibility index (Phi) is 4.93. The summed E-state index contributed by atoms with van der Waals surface area (Å²) in [6, 6.07) is 6.19. The monoisotopic (exact) mass is 253 g/mol. The van der Waals surface area contributed by atoms with Crippen LogP contribution in [-0.2, 0) is 10.0 Å². The van der Waals surface area contributed by atoms with E-state index in [1.165, 1.54) is 18.2 Å². The lowest BCUT2D eigenvalue weighted by atomic mass is 10.3. The minimum atomic E-state index is -3.46. The summed E-state index contributed by atoms with van der Waals surface area (Å²) in [5.41, 5.74) is 0. The summed E-state index contributed by atoms with van der Waals surface area (Å²) in [6.07, 6.45) is 3.11. The molecular formula is C12H15NO3S. The predicted octanol–water partition coefficient (Wildman–Crippen LogP) is 1.72. The van der Waals surface area contributed by atoms with Gasteiger partial charge in [-0.25, -0.2) is 13.1 Å². The molecule has 0 spiro atoms. The third kappa shape index (κ3) is 4.05. The highest BCUT2D eigenvalue weighted by Crippen LogP contribution is 2.15. The van der Waals surface area contributed by atoms with Gasteiger partial charge < -0.3 is 4.74 Å². The van der Waals surface area contributed by atoms with Gasteiger partial charge in [-0.3, -0.25) is 0 Å². The van der Waals surface area contributed by atoms with Crippen molar-refractivity contribution in [2.45, 2.75) is 4.90 Å². The summed E-state index contributed by atoms with van der Waals surface area (Å²) in [5, 5.41) is 0. The average molecular weight is 253 g/mol. The van der Waals surface area contributed by atoms with Crippen LogP contribution in [0.2, 0.25) is 0 Å². The van der Waals surface area contributed by atoms with Gasteiger partial charge in [-0.05, 0) is 24.3 Å². The number of hydrogen-bond acceptors (Lipinski definition) is 3. The van der Waals surface area contributed by atoms with E-state index in [1.807, 2.05) is 0 Å². The molecule has 0 saturated heterocycles. The maximum atomic E-state index is 11.7. The topological polar surface area (TPSA) is 55.4 Å². The van der Waals surface area contributed by atoms with Crippen molar-refractivity contribution in [1.29, 1.82) is 0 Å². The molecule has 1 N–H and O–H groups in total. The fourth-order valence-corrected chi connectivity index (χ4v) is 2.12. The van der Waals surface area contributed by atoms with Gasteiger partial charge in [0.1, 0.15) is 12.4 Å². The molecule has 0 radical (unpaired) electrons. The Morgan fingerprint density at radius 3 is 2.35 bits per heavy atom. The molecule has 0 aromatic heterocycles. The number of sulfonamides is 1. The highest BCUT2D eigenvalue weighted by atomic mass is 32.2. The first-order chi connectivity index (χ1) is 8.10. The molecule has 17 heavy (non-hydrogen) atoms. The Hall–Kier alpha value is -1.59. The Morgan fingerprint density at radius 1 is 1.18 bits per heavy atom. The van der Waals surface area contributed by atoms with Gasteiger partial charge in [-0.15, -0.1) is 6.58 Å². The van der Waals surface area contributed by atoms with Crippen molar-refractivity contribution in [2.75, 3.05) is 13.2 Å². The van der Waals surface area contributed by atoms with Crippen molar-refractivity contribution in [2.24, 2.45) is 0 Å². The van der Waals surface area contributed by atoms with Crippen LogP contribution in [0, 0.1) is 0 Å². The highest BCUT2D eigenvalue weighted by Gasteiger charge is 2.12. The van der Waals surface area contributed by atoms with Crippen molar-refractivity contribution in [1.82, 2.24) is 4.72 Å². The minimum Gasteiger partial charge on any atom is -0.490 e. The van der Waals surface area contributed by atoms with Crippen LogP contribution >= 0.6 is 0 Å². The number of benzene rings is 1. The standard InChI is InChI=1S/C12H15NO3S/c1-3-9-13-17(14,15)12-7-5-11(6-8-12)16-10-4-2/h3-8,13H,1-2,9-10H2. The average Bonchev–Trinajstić information content (AvgIpc) is 2.34. The second kappa shape index (κ2) is 6.22. The molecule has 0 aliphatic rings. The summed E-state index contributed by atoms with van der Waals surface area (Å²) in [4.78, 5) is 0.199. The predicted molar refractivity (Wildman–Crippen MR) is 67.5 cm³/mol. The van der Waals surface area contributed by atoms with E-state index in [0.29, 0.717) is 12.4 Å². The van der Waals surface area contributed by atoms with Crippen molar-refractivity contribution in [3.63, 3.8) is 0 Å². The second-order valence-electron chi connectivity index (χ2n) is 3.21. The number of hydrogen-bond donors (Lipinski definition) is 1. The molecule has 0 unspecified atom stereocenters. The van der Waals surface area contributed by atoms with Gasteiger partial charge in [0.15, 0.2) is 0 Å². The maximum Gasteiger partial charge on any atom is 0.240 e. The van der Waals surface area contributed by atoms with Gasteiger partial charge in [-0.1, -0.05) is 18.7 Å². The normalized spacial score (nSPS) is 10.8. The minimum absolute atomic E-state index is 0.199. The molecule has 0 atom stereocenters. The van der Waals surface area contributed by atoms with Crippen molar-refractivity contribution in [3.8, 4) is 5.75 Å². The molecule has 4 nitrogen and oxygen atoms in total. The summed E-state index contributed by atoms with van der Waals surface area (Å²) < 4.78 is 31.0. The number of nitrogens with one attached hydrogen (secondary N) is 1. The lowest BCUT2D eigenvalue weighted by Crippen LogP contribution is -2.23. The molecule has 1 rings (SSSR count). The zero-order valence-electron chi connectivity index (χ0n) is 9.43. The van der Waals surface area contributed by atoms with Gasteiger partial charge >= 0.3 is 0 Å². The molecular weight excluding hydrogens is 238 g/mol. The fourth-order valence-electron chi connectivity index (χ4n) is 1.12. The van der Waals surface area contributed by atoms with Crippen LogP contribution in [0.4, 0.5) is 0 Å². The van der Waals surface area contributed by atoms with Crippen LogP contribution in [0.25, 0.3) is 0 Å². The van der Waals surface area contributed by atoms with E-state index in [4.69, 9.17) is 4.74 Å². The lowest BCUT2D eigenvalue weighted by Gasteiger charge is -2.06. The highest BCUT2D eigenvalue weighted by molar-refractivity contribution is 7.89. The second-order valence-corrected chi connectivity index (χ2v) is 4.98. The van der Waals surface area contributed by atoms with Crippen molar-refractivity contribution < 1.29 is 13.2 Å². The van der Waals surface area contributed by atoms with Gasteiger partial charge in [0.2, 0.25) is 10.0 Å². The zero-order valence-corrected chi connectivity index (χ0v) is 10.2. The quantitative estimate of drug-likeness (QED) is 0.753. The van der Waals surface area contributed by atoms with E-state index in [9.17, 15) is 8.42 Å². The maximum absolute atomic E-state index is 11.7. The summed E-state index contributed by atoms with van der Waals surface area (Å²) in [6.45, 7) is 7.57. The van der Waals surface area contributed by atoms with Crippen LogP contribution in [0.3, 0.4) is 0 Å². The van der Waals surface area contributed by atoms with E-state index < -0.39 is 10.0 Å². The number of ether oxygens (including phenoxy) is 1.